The lowest BCUT2D eigenvalue weighted by Gasteiger charge is -2.30. The highest BCUT2D eigenvalue weighted by atomic mass is 16.5. The summed E-state index contributed by atoms with van der Waals surface area (Å²) < 4.78 is 10.7. The van der Waals surface area contributed by atoms with Crippen molar-refractivity contribution >= 4 is 11.8 Å². The number of hydrogen-bond donors (Lipinski definition) is 3. The van der Waals surface area contributed by atoms with Gasteiger partial charge in [-0.05, 0) is 30.5 Å². The van der Waals surface area contributed by atoms with Gasteiger partial charge < -0.3 is 25.2 Å². The minimum absolute atomic E-state index is 0.0626. The Balaban J connectivity index is 2.13. The molecule has 3 N–H and O–H groups in total. The Kier molecular flexibility index (Phi) is 6.64. The summed E-state index contributed by atoms with van der Waals surface area (Å²) in [5.74, 6) is -0.0974. The van der Waals surface area contributed by atoms with Crippen LogP contribution in [0.4, 0.5) is 0 Å². The highest BCUT2D eigenvalue weighted by molar-refractivity contribution is 6.35. The molecular weight excluding hydrogens is 324 g/mol. The van der Waals surface area contributed by atoms with Crippen LogP contribution < -0.4 is 20.1 Å². The summed E-state index contributed by atoms with van der Waals surface area (Å²) in [6.07, 6.45) is 4.00. The van der Waals surface area contributed by atoms with Crippen LogP contribution in [-0.4, -0.2) is 50.8 Å². The molecule has 0 unspecified atom stereocenters. The molecule has 0 aliphatic heterocycles. The van der Waals surface area contributed by atoms with Crippen molar-refractivity contribution in [2.24, 2.45) is 0 Å². The van der Waals surface area contributed by atoms with Crippen LogP contribution in [0.1, 0.15) is 31.2 Å². The normalized spacial score (nSPS) is 15.5. The molecule has 0 heterocycles. The van der Waals surface area contributed by atoms with Crippen molar-refractivity contribution in [1.82, 2.24) is 10.6 Å². The molecule has 1 aliphatic carbocycles. The van der Waals surface area contributed by atoms with Gasteiger partial charge in [-0.1, -0.05) is 18.9 Å². The predicted molar refractivity (Wildman–Crippen MR) is 92.8 cm³/mol. The Morgan fingerprint density at radius 3 is 2.32 bits per heavy atom. The SMILES string of the molecule is COc1ccc(C2(CNC(=O)C(=O)NCCO)CCCC2)cc1OC. The van der Waals surface area contributed by atoms with Gasteiger partial charge >= 0.3 is 11.8 Å². The number of hydrogen-bond acceptors (Lipinski definition) is 5. The van der Waals surface area contributed by atoms with Crippen LogP contribution in [-0.2, 0) is 15.0 Å². The maximum absolute atomic E-state index is 12.0. The Bertz CT molecular complexity index is 611. The minimum atomic E-state index is -0.727. The van der Waals surface area contributed by atoms with E-state index in [9.17, 15) is 9.59 Å². The van der Waals surface area contributed by atoms with E-state index >= 15 is 0 Å². The van der Waals surface area contributed by atoms with E-state index in [1.807, 2.05) is 18.2 Å². The third kappa shape index (κ3) is 4.42. The molecule has 25 heavy (non-hydrogen) atoms. The van der Waals surface area contributed by atoms with Gasteiger partial charge in [0.15, 0.2) is 11.5 Å². The molecule has 0 aromatic heterocycles. The number of ether oxygens (including phenoxy) is 2. The zero-order chi connectivity index (χ0) is 18.3. The molecule has 7 nitrogen and oxygen atoms in total. The summed E-state index contributed by atoms with van der Waals surface area (Å²) in [6.45, 7) is 0.246. The lowest BCUT2D eigenvalue weighted by atomic mass is 9.78. The average Bonchev–Trinajstić information content (AvgIpc) is 3.13. The van der Waals surface area contributed by atoms with E-state index in [-0.39, 0.29) is 18.6 Å². The van der Waals surface area contributed by atoms with Crippen molar-refractivity contribution in [2.75, 3.05) is 33.9 Å². The number of aliphatic hydroxyl groups is 1. The van der Waals surface area contributed by atoms with E-state index in [0.717, 1.165) is 31.2 Å². The van der Waals surface area contributed by atoms with Crippen LogP contribution in [0, 0.1) is 0 Å². The van der Waals surface area contributed by atoms with Gasteiger partial charge in [0.1, 0.15) is 0 Å². The van der Waals surface area contributed by atoms with Gasteiger partial charge in [0.2, 0.25) is 0 Å². The molecule has 0 saturated heterocycles. The van der Waals surface area contributed by atoms with E-state index in [1.54, 1.807) is 14.2 Å². The van der Waals surface area contributed by atoms with E-state index in [4.69, 9.17) is 14.6 Å². The van der Waals surface area contributed by atoms with Gasteiger partial charge in [0.05, 0.1) is 20.8 Å². The maximum atomic E-state index is 12.0. The van der Waals surface area contributed by atoms with Crippen LogP contribution in [0.25, 0.3) is 0 Å². The van der Waals surface area contributed by atoms with Crippen molar-refractivity contribution in [3.63, 3.8) is 0 Å². The number of carbonyl (C=O) groups excluding carboxylic acids is 2. The van der Waals surface area contributed by atoms with Crippen molar-refractivity contribution < 1.29 is 24.2 Å². The molecule has 1 fully saturated rings. The number of nitrogens with one attached hydrogen (secondary N) is 2. The van der Waals surface area contributed by atoms with E-state index in [2.05, 4.69) is 10.6 Å². The first-order valence-electron chi connectivity index (χ1n) is 8.46. The van der Waals surface area contributed by atoms with Gasteiger partial charge in [0.25, 0.3) is 0 Å². The third-order valence-electron chi connectivity index (χ3n) is 4.75. The van der Waals surface area contributed by atoms with Crippen LogP contribution >= 0.6 is 0 Å². The monoisotopic (exact) mass is 350 g/mol. The molecule has 2 amide bonds. The zero-order valence-electron chi connectivity index (χ0n) is 14.8. The summed E-state index contributed by atoms with van der Waals surface area (Å²) in [7, 11) is 3.18. The smallest absolute Gasteiger partial charge is 0.309 e. The average molecular weight is 350 g/mol. The molecular formula is C18H26N2O5. The van der Waals surface area contributed by atoms with Crippen molar-refractivity contribution in [2.45, 2.75) is 31.1 Å². The molecule has 138 valence electrons. The van der Waals surface area contributed by atoms with E-state index < -0.39 is 11.8 Å². The number of aliphatic hydroxyl groups excluding tert-OH is 1. The molecule has 2 rings (SSSR count). The van der Waals surface area contributed by atoms with Crippen LogP contribution in [0.15, 0.2) is 18.2 Å². The number of carbonyl (C=O) groups is 2. The molecule has 1 saturated carbocycles. The summed E-state index contributed by atoms with van der Waals surface area (Å²) in [6, 6.07) is 5.80. The first-order chi connectivity index (χ1) is 12.1. The zero-order valence-corrected chi connectivity index (χ0v) is 14.8. The quantitative estimate of drug-likeness (QED) is 0.630. The van der Waals surface area contributed by atoms with E-state index in [1.165, 1.54) is 0 Å². The molecule has 0 bridgehead atoms. The van der Waals surface area contributed by atoms with Crippen LogP contribution in [0.2, 0.25) is 0 Å². The van der Waals surface area contributed by atoms with Crippen LogP contribution in [0.3, 0.4) is 0 Å². The number of methoxy groups -OCH3 is 2. The lowest BCUT2D eigenvalue weighted by molar-refractivity contribution is -0.139. The molecule has 1 aromatic carbocycles. The molecule has 0 spiro atoms. The molecule has 1 aromatic rings. The first-order valence-corrected chi connectivity index (χ1v) is 8.46. The van der Waals surface area contributed by atoms with Gasteiger partial charge in [-0.2, -0.15) is 0 Å². The van der Waals surface area contributed by atoms with Crippen molar-refractivity contribution in [3.05, 3.63) is 23.8 Å². The second-order valence-electron chi connectivity index (χ2n) is 6.22. The van der Waals surface area contributed by atoms with Gasteiger partial charge in [-0.25, -0.2) is 0 Å². The Morgan fingerprint density at radius 1 is 1.08 bits per heavy atom. The Hall–Kier alpha value is -2.28. The van der Waals surface area contributed by atoms with Crippen molar-refractivity contribution in [3.8, 4) is 11.5 Å². The molecule has 0 atom stereocenters. The van der Waals surface area contributed by atoms with Crippen molar-refractivity contribution in [1.29, 1.82) is 0 Å². The van der Waals surface area contributed by atoms with E-state index in [0.29, 0.717) is 18.0 Å². The predicted octanol–water partition coefficient (Wildman–Crippen LogP) is 0.740. The molecule has 7 heteroatoms. The highest BCUT2D eigenvalue weighted by Crippen LogP contribution is 2.43. The standard InChI is InChI=1S/C18H26N2O5/c1-24-14-6-5-13(11-15(14)25-2)18(7-3-4-8-18)12-20-17(23)16(22)19-9-10-21/h5-6,11,21H,3-4,7-10,12H2,1-2H3,(H,19,22)(H,20,23). The first kappa shape index (κ1) is 19.1. The second-order valence-corrected chi connectivity index (χ2v) is 6.22. The molecule has 0 radical (unpaired) electrons. The fourth-order valence-electron chi connectivity index (χ4n) is 3.36. The summed E-state index contributed by atoms with van der Waals surface area (Å²) in [4.78, 5) is 23.6. The lowest BCUT2D eigenvalue weighted by Crippen LogP contribution is -2.46. The van der Waals surface area contributed by atoms with Gasteiger partial charge in [0, 0.05) is 18.5 Å². The topological polar surface area (TPSA) is 96.9 Å². The largest absolute Gasteiger partial charge is 0.493 e. The number of amides is 2. The fraction of sp³-hybridized carbons (Fsp3) is 0.556. The second kappa shape index (κ2) is 8.71. The molecule has 1 aliphatic rings. The number of rotatable bonds is 7. The Morgan fingerprint density at radius 2 is 1.72 bits per heavy atom. The van der Waals surface area contributed by atoms with Gasteiger partial charge in [-0.15, -0.1) is 0 Å². The maximum Gasteiger partial charge on any atom is 0.309 e. The summed E-state index contributed by atoms with van der Waals surface area (Å²) >= 11 is 0. The Labute approximate surface area is 147 Å². The minimum Gasteiger partial charge on any atom is -0.493 e. The highest BCUT2D eigenvalue weighted by Gasteiger charge is 2.37. The van der Waals surface area contributed by atoms with Gasteiger partial charge in [-0.3, -0.25) is 9.59 Å². The summed E-state index contributed by atoms with van der Waals surface area (Å²) in [5.41, 5.74) is 0.852. The third-order valence-corrected chi connectivity index (χ3v) is 4.75. The summed E-state index contributed by atoms with van der Waals surface area (Å²) in [5, 5.41) is 13.8. The fourth-order valence-corrected chi connectivity index (χ4v) is 3.36. The number of benzene rings is 1. The van der Waals surface area contributed by atoms with Crippen LogP contribution in [0.5, 0.6) is 11.5 Å².